The summed E-state index contributed by atoms with van der Waals surface area (Å²) >= 11 is 7.56. The van der Waals surface area contributed by atoms with Crippen molar-refractivity contribution in [3.05, 3.63) is 39.9 Å². The molecule has 2 aromatic rings. The van der Waals surface area contributed by atoms with Crippen LogP contribution in [-0.4, -0.2) is 29.2 Å². The predicted molar refractivity (Wildman–Crippen MR) is 97.5 cm³/mol. The summed E-state index contributed by atoms with van der Waals surface area (Å²) in [6, 6.07) is 7.83. The molecule has 0 spiro atoms. The number of amides is 1. The third kappa shape index (κ3) is 4.68. The smallest absolute Gasteiger partial charge is 0.217 e. The van der Waals surface area contributed by atoms with Crippen molar-refractivity contribution in [3.8, 4) is 0 Å². The molecule has 0 bridgehead atoms. The van der Waals surface area contributed by atoms with Crippen LogP contribution >= 0.6 is 22.9 Å². The van der Waals surface area contributed by atoms with Crippen LogP contribution < -0.4 is 10.6 Å². The van der Waals surface area contributed by atoms with E-state index in [-0.39, 0.29) is 5.91 Å². The summed E-state index contributed by atoms with van der Waals surface area (Å²) < 4.78 is 0. The molecule has 0 saturated carbocycles. The van der Waals surface area contributed by atoms with E-state index in [1.807, 2.05) is 24.3 Å². The molecule has 1 atom stereocenters. The lowest BCUT2D eigenvalue weighted by Gasteiger charge is -2.32. The van der Waals surface area contributed by atoms with Crippen molar-refractivity contribution in [1.29, 1.82) is 0 Å². The van der Waals surface area contributed by atoms with E-state index in [0.29, 0.717) is 12.3 Å². The number of hydrogen-bond acceptors (Lipinski definition) is 5. The van der Waals surface area contributed by atoms with Crippen molar-refractivity contribution in [2.75, 3.05) is 18.0 Å². The maximum Gasteiger partial charge on any atom is 0.217 e. The van der Waals surface area contributed by atoms with Crippen LogP contribution in [0.15, 0.2) is 24.3 Å². The summed E-state index contributed by atoms with van der Waals surface area (Å²) in [5.74, 6) is 0.295. The zero-order valence-electron chi connectivity index (χ0n) is 13.4. The fourth-order valence-electron chi connectivity index (χ4n) is 3.04. The SMILES string of the molecule is NC(=O)CCC1CCCN(c2nnc(Cc3ccc(Cl)cc3)s2)C1. The highest BCUT2D eigenvalue weighted by atomic mass is 35.5. The minimum atomic E-state index is -0.215. The van der Waals surface area contributed by atoms with Crippen molar-refractivity contribution in [2.45, 2.75) is 32.1 Å². The topological polar surface area (TPSA) is 72.1 Å². The Kier molecular flexibility index (Phi) is 5.68. The molecule has 2 N–H and O–H groups in total. The Labute approximate surface area is 150 Å². The van der Waals surface area contributed by atoms with Gasteiger partial charge in [-0.15, -0.1) is 10.2 Å². The van der Waals surface area contributed by atoms with Crippen LogP contribution in [-0.2, 0) is 11.2 Å². The number of carbonyl (C=O) groups is 1. The third-order valence-electron chi connectivity index (χ3n) is 4.31. The highest BCUT2D eigenvalue weighted by molar-refractivity contribution is 7.15. The molecular formula is C17H21ClN4OS. The molecule has 3 rings (SSSR count). The van der Waals surface area contributed by atoms with Crippen LogP contribution in [0.25, 0.3) is 0 Å². The summed E-state index contributed by atoms with van der Waals surface area (Å²) in [5, 5.41) is 11.4. The summed E-state index contributed by atoms with van der Waals surface area (Å²) in [4.78, 5) is 13.3. The molecular weight excluding hydrogens is 344 g/mol. The summed E-state index contributed by atoms with van der Waals surface area (Å²) in [6.45, 7) is 1.94. The van der Waals surface area contributed by atoms with Gasteiger partial charge in [-0.3, -0.25) is 4.79 Å². The monoisotopic (exact) mass is 364 g/mol. The van der Waals surface area contributed by atoms with Gasteiger partial charge in [0, 0.05) is 31.0 Å². The molecule has 1 aromatic heterocycles. The Morgan fingerprint density at radius 1 is 1.33 bits per heavy atom. The maximum atomic E-state index is 11.0. The number of anilines is 1. The lowest BCUT2D eigenvalue weighted by molar-refractivity contribution is -0.118. The molecule has 0 aliphatic carbocycles. The molecule has 2 heterocycles. The predicted octanol–water partition coefficient (Wildman–Crippen LogP) is 3.26. The van der Waals surface area contributed by atoms with Crippen LogP contribution in [0.3, 0.4) is 0 Å². The summed E-state index contributed by atoms with van der Waals surface area (Å²) in [7, 11) is 0. The average Bonchev–Trinajstić information content (AvgIpc) is 3.04. The second-order valence-electron chi connectivity index (χ2n) is 6.24. The molecule has 1 saturated heterocycles. The van der Waals surface area contributed by atoms with Crippen LogP contribution in [0.5, 0.6) is 0 Å². The van der Waals surface area contributed by atoms with E-state index in [9.17, 15) is 4.79 Å². The fourth-order valence-corrected chi connectivity index (χ4v) is 4.08. The highest BCUT2D eigenvalue weighted by Crippen LogP contribution is 2.29. The number of rotatable bonds is 6. The Bertz CT molecular complexity index is 688. The zero-order valence-corrected chi connectivity index (χ0v) is 15.0. The minimum Gasteiger partial charge on any atom is -0.370 e. The highest BCUT2D eigenvalue weighted by Gasteiger charge is 2.23. The normalized spacial score (nSPS) is 17.9. The van der Waals surface area contributed by atoms with Gasteiger partial charge in [0.25, 0.3) is 0 Å². The quantitative estimate of drug-likeness (QED) is 0.853. The standard InChI is InChI=1S/C17H21ClN4OS/c18-14-6-3-12(4-7-14)10-16-20-21-17(24-16)22-9-1-2-13(11-22)5-8-15(19)23/h3-4,6-7,13H,1-2,5,8-11H2,(H2,19,23). The van der Waals surface area contributed by atoms with Crippen molar-refractivity contribution >= 4 is 34.0 Å². The number of hydrogen-bond donors (Lipinski definition) is 1. The number of nitrogens with two attached hydrogens (primary N) is 1. The summed E-state index contributed by atoms with van der Waals surface area (Å²) in [6.07, 6.45) is 4.38. The number of primary amides is 1. The average molecular weight is 365 g/mol. The third-order valence-corrected chi connectivity index (χ3v) is 5.55. The van der Waals surface area contributed by atoms with Gasteiger partial charge in [-0.2, -0.15) is 0 Å². The Morgan fingerprint density at radius 2 is 2.12 bits per heavy atom. The van der Waals surface area contributed by atoms with Crippen molar-refractivity contribution < 1.29 is 4.79 Å². The first kappa shape index (κ1) is 17.2. The number of piperidine rings is 1. The van der Waals surface area contributed by atoms with Gasteiger partial charge in [-0.05, 0) is 42.9 Å². The maximum absolute atomic E-state index is 11.0. The Balaban J connectivity index is 1.60. The number of aromatic nitrogens is 2. The fraction of sp³-hybridized carbons (Fsp3) is 0.471. The van der Waals surface area contributed by atoms with E-state index in [0.717, 1.165) is 53.9 Å². The van der Waals surface area contributed by atoms with Gasteiger partial charge in [0.1, 0.15) is 5.01 Å². The van der Waals surface area contributed by atoms with E-state index in [4.69, 9.17) is 17.3 Å². The molecule has 24 heavy (non-hydrogen) atoms. The van der Waals surface area contributed by atoms with Gasteiger partial charge in [0.2, 0.25) is 11.0 Å². The molecule has 1 aliphatic rings. The van der Waals surface area contributed by atoms with Crippen molar-refractivity contribution in [2.24, 2.45) is 11.7 Å². The van der Waals surface area contributed by atoms with Gasteiger partial charge >= 0.3 is 0 Å². The van der Waals surface area contributed by atoms with Gasteiger partial charge in [0.05, 0.1) is 0 Å². The number of carbonyl (C=O) groups excluding carboxylic acids is 1. The summed E-state index contributed by atoms with van der Waals surface area (Å²) in [5.41, 5.74) is 6.44. The van der Waals surface area contributed by atoms with Crippen molar-refractivity contribution in [1.82, 2.24) is 10.2 Å². The van der Waals surface area contributed by atoms with Crippen LogP contribution in [0.1, 0.15) is 36.3 Å². The van der Waals surface area contributed by atoms with Crippen molar-refractivity contribution in [3.63, 3.8) is 0 Å². The molecule has 1 aromatic carbocycles. The van der Waals surface area contributed by atoms with Gasteiger partial charge in [0.15, 0.2) is 0 Å². The van der Waals surface area contributed by atoms with E-state index in [1.54, 1.807) is 11.3 Å². The zero-order chi connectivity index (χ0) is 16.9. The Hall–Kier alpha value is -1.66. The van der Waals surface area contributed by atoms with Crippen LogP contribution in [0.2, 0.25) is 5.02 Å². The van der Waals surface area contributed by atoms with E-state index < -0.39 is 0 Å². The number of benzene rings is 1. The molecule has 1 fully saturated rings. The molecule has 7 heteroatoms. The van der Waals surface area contributed by atoms with Gasteiger partial charge in [-0.1, -0.05) is 35.1 Å². The van der Waals surface area contributed by atoms with Crippen LogP contribution in [0.4, 0.5) is 5.13 Å². The molecule has 5 nitrogen and oxygen atoms in total. The molecule has 0 radical (unpaired) electrons. The lowest BCUT2D eigenvalue weighted by atomic mass is 9.93. The second-order valence-corrected chi connectivity index (χ2v) is 7.72. The van der Waals surface area contributed by atoms with E-state index in [1.165, 1.54) is 5.56 Å². The van der Waals surface area contributed by atoms with Gasteiger partial charge in [-0.25, -0.2) is 0 Å². The minimum absolute atomic E-state index is 0.215. The largest absolute Gasteiger partial charge is 0.370 e. The number of nitrogens with zero attached hydrogens (tertiary/aromatic N) is 3. The van der Waals surface area contributed by atoms with Gasteiger partial charge < -0.3 is 10.6 Å². The van der Waals surface area contributed by atoms with Crippen LogP contribution in [0, 0.1) is 5.92 Å². The van der Waals surface area contributed by atoms with E-state index >= 15 is 0 Å². The Morgan fingerprint density at radius 3 is 2.88 bits per heavy atom. The molecule has 128 valence electrons. The first-order valence-electron chi connectivity index (χ1n) is 8.20. The lowest BCUT2D eigenvalue weighted by Crippen LogP contribution is -2.35. The number of halogens is 1. The first-order chi connectivity index (χ1) is 11.6. The van der Waals surface area contributed by atoms with E-state index in [2.05, 4.69) is 15.1 Å². The molecule has 1 aliphatic heterocycles. The second kappa shape index (κ2) is 7.94. The first-order valence-corrected chi connectivity index (χ1v) is 9.39. The molecule has 1 amide bonds. The molecule has 1 unspecified atom stereocenters.